The summed E-state index contributed by atoms with van der Waals surface area (Å²) < 4.78 is 5.40. The Hall–Kier alpha value is -0.670. The lowest BCUT2D eigenvalue weighted by Gasteiger charge is -2.23. The van der Waals surface area contributed by atoms with Crippen molar-refractivity contribution in [1.82, 2.24) is 0 Å². The SMILES string of the molecule is COc1ccc(SC(C)CO)cc1C(C)(C)C. The van der Waals surface area contributed by atoms with Gasteiger partial charge < -0.3 is 9.84 Å². The zero-order valence-electron chi connectivity index (χ0n) is 11.3. The quantitative estimate of drug-likeness (QED) is 0.834. The van der Waals surface area contributed by atoms with Crippen molar-refractivity contribution in [3.05, 3.63) is 23.8 Å². The molecule has 0 spiro atoms. The third-order valence-corrected chi connectivity index (χ3v) is 3.65. The number of ether oxygens (including phenoxy) is 1. The molecule has 0 saturated carbocycles. The van der Waals surface area contributed by atoms with Gasteiger partial charge >= 0.3 is 0 Å². The molecule has 0 radical (unpaired) electrons. The van der Waals surface area contributed by atoms with Gasteiger partial charge in [-0.25, -0.2) is 0 Å². The maximum absolute atomic E-state index is 9.08. The van der Waals surface area contributed by atoms with Crippen molar-refractivity contribution >= 4 is 11.8 Å². The summed E-state index contributed by atoms with van der Waals surface area (Å²) in [5.74, 6) is 0.929. The highest BCUT2D eigenvalue weighted by atomic mass is 32.2. The van der Waals surface area contributed by atoms with Crippen molar-refractivity contribution in [2.75, 3.05) is 13.7 Å². The number of rotatable bonds is 4. The Morgan fingerprint density at radius 2 is 2.00 bits per heavy atom. The van der Waals surface area contributed by atoms with Crippen LogP contribution in [0.25, 0.3) is 0 Å². The van der Waals surface area contributed by atoms with E-state index in [-0.39, 0.29) is 17.3 Å². The third-order valence-electron chi connectivity index (χ3n) is 2.57. The van der Waals surface area contributed by atoms with Crippen LogP contribution in [0.5, 0.6) is 5.75 Å². The minimum atomic E-state index is 0.0599. The number of methoxy groups -OCH3 is 1. The molecule has 3 heteroatoms. The fourth-order valence-electron chi connectivity index (χ4n) is 1.62. The number of thioether (sulfide) groups is 1. The summed E-state index contributed by atoms with van der Waals surface area (Å²) in [5.41, 5.74) is 1.26. The first-order chi connectivity index (χ1) is 7.88. The van der Waals surface area contributed by atoms with Gasteiger partial charge in [-0.15, -0.1) is 11.8 Å². The van der Waals surface area contributed by atoms with E-state index in [9.17, 15) is 0 Å². The van der Waals surface area contributed by atoms with Gasteiger partial charge in [0, 0.05) is 15.7 Å². The molecule has 1 aromatic carbocycles. The molecule has 0 aliphatic carbocycles. The van der Waals surface area contributed by atoms with Crippen LogP contribution in [-0.2, 0) is 5.41 Å². The van der Waals surface area contributed by atoms with Crippen molar-refractivity contribution < 1.29 is 9.84 Å². The molecule has 1 unspecified atom stereocenters. The fraction of sp³-hybridized carbons (Fsp3) is 0.571. The molecular formula is C14H22O2S. The van der Waals surface area contributed by atoms with Gasteiger partial charge in [-0.05, 0) is 23.6 Å². The van der Waals surface area contributed by atoms with Crippen molar-refractivity contribution in [2.45, 2.75) is 43.3 Å². The summed E-state index contributed by atoms with van der Waals surface area (Å²) in [7, 11) is 1.70. The maximum Gasteiger partial charge on any atom is 0.122 e. The molecule has 0 heterocycles. The number of aliphatic hydroxyl groups excluding tert-OH is 1. The maximum atomic E-state index is 9.08. The van der Waals surface area contributed by atoms with Crippen LogP contribution >= 0.6 is 11.8 Å². The molecule has 1 N–H and O–H groups in total. The smallest absolute Gasteiger partial charge is 0.122 e. The molecule has 0 bridgehead atoms. The molecule has 2 nitrogen and oxygen atoms in total. The van der Waals surface area contributed by atoms with Crippen LogP contribution in [-0.4, -0.2) is 24.1 Å². The molecule has 0 amide bonds. The Balaban J connectivity index is 3.05. The molecule has 1 atom stereocenters. The summed E-state index contributed by atoms with van der Waals surface area (Å²) >= 11 is 1.69. The van der Waals surface area contributed by atoms with Crippen LogP contribution in [0.15, 0.2) is 23.1 Å². The lowest BCUT2D eigenvalue weighted by Crippen LogP contribution is -2.13. The standard InChI is InChI=1S/C14H22O2S/c1-10(9-15)17-11-6-7-13(16-5)12(8-11)14(2,3)4/h6-8,10,15H,9H2,1-5H3. The molecule has 0 aliphatic rings. The second-order valence-electron chi connectivity index (χ2n) is 5.22. The van der Waals surface area contributed by atoms with Gasteiger partial charge in [0.15, 0.2) is 0 Å². The zero-order chi connectivity index (χ0) is 13.1. The molecule has 0 fully saturated rings. The lowest BCUT2D eigenvalue weighted by atomic mass is 9.86. The van der Waals surface area contributed by atoms with Crippen LogP contribution in [0.3, 0.4) is 0 Å². The van der Waals surface area contributed by atoms with Gasteiger partial charge in [-0.2, -0.15) is 0 Å². The van der Waals surface area contributed by atoms with Gasteiger partial charge in [0.05, 0.1) is 13.7 Å². The molecule has 0 aromatic heterocycles. The van der Waals surface area contributed by atoms with Gasteiger partial charge in [0.25, 0.3) is 0 Å². The summed E-state index contributed by atoms with van der Waals surface area (Å²) in [6, 6.07) is 6.22. The van der Waals surface area contributed by atoms with Crippen molar-refractivity contribution in [3.8, 4) is 5.75 Å². The topological polar surface area (TPSA) is 29.5 Å². The van der Waals surface area contributed by atoms with E-state index in [2.05, 4.69) is 26.8 Å². The van der Waals surface area contributed by atoms with Crippen LogP contribution in [0.4, 0.5) is 0 Å². The predicted molar refractivity (Wildman–Crippen MR) is 74.1 cm³/mol. The largest absolute Gasteiger partial charge is 0.496 e. The van der Waals surface area contributed by atoms with E-state index >= 15 is 0 Å². The molecule has 1 aromatic rings. The Morgan fingerprint density at radius 1 is 1.35 bits per heavy atom. The lowest BCUT2D eigenvalue weighted by molar-refractivity contribution is 0.300. The summed E-state index contributed by atoms with van der Waals surface area (Å²) in [6.45, 7) is 8.74. The van der Waals surface area contributed by atoms with E-state index in [1.165, 1.54) is 10.5 Å². The second kappa shape index (κ2) is 5.78. The van der Waals surface area contributed by atoms with Crippen molar-refractivity contribution in [2.24, 2.45) is 0 Å². The zero-order valence-corrected chi connectivity index (χ0v) is 12.1. The third kappa shape index (κ3) is 3.93. The average molecular weight is 254 g/mol. The van der Waals surface area contributed by atoms with E-state index in [1.54, 1.807) is 18.9 Å². The Labute approximate surface area is 108 Å². The van der Waals surface area contributed by atoms with E-state index < -0.39 is 0 Å². The first-order valence-corrected chi connectivity index (χ1v) is 6.72. The van der Waals surface area contributed by atoms with Crippen LogP contribution in [0, 0.1) is 0 Å². The van der Waals surface area contributed by atoms with Gasteiger partial charge in [0.1, 0.15) is 5.75 Å². The first kappa shape index (κ1) is 14.4. The van der Waals surface area contributed by atoms with Crippen LogP contribution in [0.2, 0.25) is 0 Å². The molecule has 0 saturated heterocycles. The Kier molecular flexibility index (Phi) is 4.90. The fourth-order valence-corrected chi connectivity index (χ4v) is 2.49. The number of hydrogen-bond acceptors (Lipinski definition) is 3. The Bertz CT molecular complexity index is 369. The van der Waals surface area contributed by atoms with Gasteiger partial charge in [0.2, 0.25) is 0 Å². The van der Waals surface area contributed by atoms with Crippen molar-refractivity contribution in [1.29, 1.82) is 0 Å². The molecule has 17 heavy (non-hydrogen) atoms. The number of aliphatic hydroxyl groups is 1. The predicted octanol–water partition coefficient (Wildman–Crippen LogP) is 3.47. The number of hydrogen-bond donors (Lipinski definition) is 1. The summed E-state index contributed by atoms with van der Waals surface area (Å²) in [6.07, 6.45) is 0. The normalized spacial score (nSPS) is 13.5. The van der Waals surface area contributed by atoms with Crippen molar-refractivity contribution in [3.63, 3.8) is 0 Å². The Morgan fingerprint density at radius 3 is 2.47 bits per heavy atom. The van der Waals surface area contributed by atoms with E-state index in [0.29, 0.717) is 0 Å². The summed E-state index contributed by atoms with van der Waals surface area (Å²) in [4.78, 5) is 1.18. The van der Waals surface area contributed by atoms with E-state index in [0.717, 1.165) is 5.75 Å². The highest BCUT2D eigenvalue weighted by Crippen LogP contribution is 2.35. The summed E-state index contributed by atoms with van der Waals surface area (Å²) in [5, 5.41) is 9.30. The second-order valence-corrected chi connectivity index (χ2v) is 6.73. The minimum Gasteiger partial charge on any atom is -0.496 e. The highest BCUT2D eigenvalue weighted by Gasteiger charge is 2.19. The van der Waals surface area contributed by atoms with Crippen LogP contribution in [0.1, 0.15) is 33.3 Å². The first-order valence-electron chi connectivity index (χ1n) is 5.84. The average Bonchev–Trinajstić information content (AvgIpc) is 2.27. The van der Waals surface area contributed by atoms with Gasteiger partial charge in [-0.3, -0.25) is 0 Å². The van der Waals surface area contributed by atoms with E-state index in [4.69, 9.17) is 9.84 Å². The molecular weight excluding hydrogens is 232 g/mol. The van der Waals surface area contributed by atoms with E-state index in [1.807, 2.05) is 19.1 Å². The molecule has 96 valence electrons. The van der Waals surface area contributed by atoms with Gasteiger partial charge in [-0.1, -0.05) is 27.7 Å². The number of benzene rings is 1. The molecule has 1 rings (SSSR count). The van der Waals surface area contributed by atoms with Crippen LogP contribution < -0.4 is 4.74 Å². The monoisotopic (exact) mass is 254 g/mol. The molecule has 0 aliphatic heterocycles. The minimum absolute atomic E-state index is 0.0599. The highest BCUT2D eigenvalue weighted by molar-refractivity contribution is 8.00.